The van der Waals surface area contributed by atoms with Crippen molar-refractivity contribution >= 4 is 29.4 Å². The van der Waals surface area contributed by atoms with Gasteiger partial charge in [-0.05, 0) is 30.2 Å². The molecule has 0 fully saturated rings. The predicted molar refractivity (Wildman–Crippen MR) is 107 cm³/mol. The summed E-state index contributed by atoms with van der Waals surface area (Å²) in [5.74, 6) is -0.296. The number of amides is 1. The van der Waals surface area contributed by atoms with E-state index in [9.17, 15) is 4.79 Å². The fourth-order valence-electron chi connectivity index (χ4n) is 2.82. The van der Waals surface area contributed by atoms with E-state index < -0.39 is 0 Å². The zero-order valence-electron chi connectivity index (χ0n) is 15.2. The number of anilines is 1. The van der Waals surface area contributed by atoms with Crippen molar-refractivity contribution < 1.29 is 9.63 Å². The highest BCUT2D eigenvalue weighted by Crippen LogP contribution is 2.29. The standard InChI is InChI=1S/C20H19ClN4O2/c1-13-18(19(21)25(2)24-13)20(26)23-17-10-5-4-9-16(17)15-8-6-7-14(11-15)12-22-27-3/h4-12H,1-3H3,(H,23,26)/b22-12+. The summed E-state index contributed by atoms with van der Waals surface area (Å²) in [5.41, 5.74) is 4.35. The van der Waals surface area contributed by atoms with Crippen molar-refractivity contribution in [2.75, 3.05) is 12.4 Å². The van der Waals surface area contributed by atoms with Crippen LogP contribution in [0, 0.1) is 6.92 Å². The first-order chi connectivity index (χ1) is 13.0. The average Bonchev–Trinajstić information content (AvgIpc) is 2.92. The first-order valence-electron chi connectivity index (χ1n) is 8.27. The van der Waals surface area contributed by atoms with Crippen LogP contribution in [0.1, 0.15) is 21.6 Å². The third-order valence-electron chi connectivity index (χ3n) is 4.06. The summed E-state index contributed by atoms with van der Waals surface area (Å²) in [6.45, 7) is 1.76. The summed E-state index contributed by atoms with van der Waals surface area (Å²) in [6, 6.07) is 15.4. The molecule has 3 rings (SSSR count). The maximum atomic E-state index is 12.8. The van der Waals surface area contributed by atoms with Crippen LogP contribution in [0.2, 0.25) is 5.15 Å². The second kappa shape index (κ2) is 8.05. The van der Waals surface area contributed by atoms with E-state index in [-0.39, 0.29) is 5.91 Å². The second-order valence-electron chi connectivity index (χ2n) is 5.92. The molecule has 0 spiro atoms. The lowest BCUT2D eigenvalue weighted by Gasteiger charge is -2.12. The molecule has 0 bridgehead atoms. The molecule has 0 saturated heterocycles. The number of oxime groups is 1. The Morgan fingerprint density at radius 3 is 2.74 bits per heavy atom. The molecule has 27 heavy (non-hydrogen) atoms. The number of hydrogen-bond donors (Lipinski definition) is 1. The molecule has 1 amide bonds. The van der Waals surface area contributed by atoms with E-state index in [0.29, 0.717) is 22.1 Å². The second-order valence-corrected chi connectivity index (χ2v) is 6.28. The first kappa shape index (κ1) is 18.7. The largest absolute Gasteiger partial charge is 0.399 e. The number of halogens is 1. The molecule has 1 N–H and O–H groups in total. The van der Waals surface area contributed by atoms with Gasteiger partial charge in [-0.25, -0.2) is 0 Å². The molecule has 0 saturated carbocycles. The fourth-order valence-corrected chi connectivity index (χ4v) is 3.08. The van der Waals surface area contributed by atoms with Gasteiger partial charge in [0.05, 0.1) is 17.5 Å². The van der Waals surface area contributed by atoms with Crippen LogP contribution >= 0.6 is 11.6 Å². The number of carbonyl (C=O) groups excluding carboxylic acids is 1. The summed E-state index contributed by atoms with van der Waals surface area (Å²) < 4.78 is 1.48. The Labute approximate surface area is 162 Å². The SMILES string of the molecule is CO/N=C/c1cccc(-c2ccccc2NC(=O)c2c(C)nn(C)c2Cl)c1. The smallest absolute Gasteiger partial charge is 0.260 e. The highest BCUT2D eigenvalue weighted by molar-refractivity contribution is 6.33. The highest BCUT2D eigenvalue weighted by Gasteiger charge is 2.20. The van der Waals surface area contributed by atoms with Crippen LogP contribution in [0.3, 0.4) is 0 Å². The number of rotatable bonds is 5. The number of hydrogen-bond acceptors (Lipinski definition) is 4. The van der Waals surface area contributed by atoms with Gasteiger partial charge >= 0.3 is 0 Å². The van der Waals surface area contributed by atoms with Crippen LogP contribution in [-0.2, 0) is 11.9 Å². The van der Waals surface area contributed by atoms with E-state index in [2.05, 4.69) is 15.6 Å². The van der Waals surface area contributed by atoms with Gasteiger partial charge in [0.2, 0.25) is 0 Å². The molecule has 7 heteroatoms. The molecular formula is C20H19ClN4O2. The van der Waals surface area contributed by atoms with Gasteiger partial charge in [0, 0.05) is 18.3 Å². The molecule has 0 unspecified atom stereocenters. The lowest BCUT2D eigenvalue weighted by molar-refractivity contribution is 0.102. The van der Waals surface area contributed by atoms with Gasteiger partial charge in [-0.2, -0.15) is 5.10 Å². The van der Waals surface area contributed by atoms with Crippen LogP contribution < -0.4 is 5.32 Å². The Morgan fingerprint density at radius 1 is 1.26 bits per heavy atom. The molecule has 1 aromatic heterocycles. The van der Waals surface area contributed by atoms with Crippen molar-refractivity contribution in [3.63, 3.8) is 0 Å². The number of nitrogens with zero attached hydrogens (tertiary/aromatic N) is 3. The summed E-state index contributed by atoms with van der Waals surface area (Å²) in [4.78, 5) is 17.5. The molecule has 0 aliphatic carbocycles. The molecular weight excluding hydrogens is 364 g/mol. The average molecular weight is 383 g/mol. The third kappa shape index (κ3) is 4.01. The molecule has 6 nitrogen and oxygen atoms in total. The van der Waals surface area contributed by atoms with Crippen LogP contribution in [-0.4, -0.2) is 29.0 Å². The molecule has 0 aliphatic rings. The van der Waals surface area contributed by atoms with Gasteiger partial charge in [0.25, 0.3) is 5.91 Å². The first-order valence-corrected chi connectivity index (χ1v) is 8.65. The topological polar surface area (TPSA) is 68.5 Å². The minimum atomic E-state index is -0.296. The highest BCUT2D eigenvalue weighted by atomic mass is 35.5. The van der Waals surface area contributed by atoms with E-state index in [0.717, 1.165) is 16.7 Å². The van der Waals surface area contributed by atoms with Gasteiger partial charge in [-0.1, -0.05) is 53.2 Å². The Hall–Kier alpha value is -3.12. The van der Waals surface area contributed by atoms with Crippen molar-refractivity contribution in [1.29, 1.82) is 0 Å². The maximum absolute atomic E-state index is 12.8. The van der Waals surface area contributed by atoms with Crippen LogP contribution in [0.4, 0.5) is 5.69 Å². The number of aryl methyl sites for hydroxylation is 2. The van der Waals surface area contributed by atoms with Crippen molar-refractivity contribution in [2.24, 2.45) is 12.2 Å². The summed E-state index contributed by atoms with van der Waals surface area (Å²) in [7, 11) is 3.20. The number of benzene rings is 2. The van der Waals surface area contributed by atoms with E-state index >= 15 is 0 Å². The zero-order chi connectivity index (χ0) is 19.4. The third-order valence-corrected chi connectivity index (χ3v) is 4.49. The summed E-state index contributed by atoms with van der Waals surface area (Å²) in [5, 5.41) is 11.2. The van der Waals surface area contributed by atoms with Crippen molar-refractivity contribution in [3.8, 4) is 11.1 Å². The quantitative estimate of drug-likeness (QED) is 0.529. The summed E-state index contributed by atoms with van der Waals surface area (Å²) >= 11 is 6.21. The van der Waals surface area contributed by atoms with Gasteiger partial charge in [-0.3, -0.25) is 9.48 Å². The molecule has 2 aromatic carbocycles. The number of nitrogens with one attached hydrogen (secondary N) is 1. The van der Waals surface area contributed by atoms with E-state index in [4.69, 9.17) is 16.4 Å². The lowest BCUT2D eigenvalue weighted by atomic mass is 10.0. The Morgan fingerprint density at radius 2 is 2.04 bits per heavy atom. The van der Waals surface area contributed by atoms with Gasteiger partial charge in [0.1, 0.15) is 12.3 Å². The number of carbonyl (C=O) groups is 1. The van der Waals surface area contributed by atoms with Crippen molar-refractivity contribution in [3.05, 3.63) is 70.5 Å². The molecule has 3 aromatic rings. The Bertz CT molecular complexity index is 1010. The lowest BCUT2D eigenvalue weighted by Crippen LogP contribution is -2.13. The Kier molecular flexibility index (Phi) is 5.57. The maximum Gasteiger partial charge on any atom is 0.260 e. The predicted octanol–water partition coefficient (Wildman–Crippen LogP) is 4.28. The van der Waals surface area contributed by atoms with E-state index in [1.54, 1.807) is 20.2 Å². The van der Waals surface area contributed by atoms with Crippen LogP contribution in [0.5, 0.6) is 0 Å². The number of para-hydroxylation sites is 1. The van der Waals surface area contributed by atoms with Crippen LogP contribution in [0.15, 0.2) is 53.7 Å². The van der Waals surface area contributed by atoms with Gasteiger partial charge < -0.3 is 10.2 Å². The summed E-state index contributed by atoms with van der Waals surface area (Å²) in [6.07, 6.45) is 1.63. The molecule has 0 atom stereocenters. The molecule has 1 heterocycles. The van der Waals surface area contributed by atoms with Crippen LogP contribution in [0.25, 0.3) is 11.1 Å². The minimum Gasteiger partial charge on any atom is -0.399 e. The van der Waals surface area contributed by atoms with Crippen molar-refractivity contribution in [2.45, 2.75) is 6.92 Å². The van der Waals surface area contributed by atoms with Crippen molar-refractivity contribution in [1.82, 2.24) is 9.78 Å². The molecule has 0 radical (unpaired) electrons. The van der Waals surface area contributed by atoms with Gasteiger partial charge in [0.15, 0.2) is 0 Å². The normalized spacial score (nSPS) is 11.0. The fraction of sp³-hybridized carbons (Fsp3) is 0.150. The zero-order valence-corrected chi connectivity index (χ0v) is 16.0. The number of aromatic nitrogens is 2. The van der Waals surface area contributed by atoms with Gasteiger partial charge in [-0.15, -0.1) is 0 Å². The monoisotopic (exact) mass is 382 g/mol. The molecule has 0 aliphatic heterocycles. The Balaban J connectivity index is 1.95. The van der Waals surface area contributed by atoms with E-state index in [1.807, 2.05) is 48.5 Å². The minimum absolute atomic E-state index is 0.296. The molecule has 138 valence electrons. The van der Waals surface area contributed by atoms with E-state index in [1.165, 1.54) is 11.8 Å².